The lowest BCUT2D eigenvalue weighted by Crippen LogP contribution is -2.62. The molecule has 1 saturated carbocycles. The predicted octanol–water partition coefficient (Wildman–Crippen LogP) is -0.512. The van der Waals surface area contributed by atoms with Crippen molar-refractivity contribution in [2.24, 2.45) is 11.8 Å². The number of carboxylic acid groups (broad SMARTS) is 1. The van der Waals surface area contributed by atoms with E-state index < -0.39 is 71.7 Å². The van der Waals surface area contributed by atoms with Crippen molar-refractivity contribution in [3.05, 3.63) is 0 Å². The summed E-state index contributed by atoms with van der Waals surface area (Å²) in [6.45, 7) is 1.13. The van der Waals surface area contributed by atoms with Crippen LogP contribution < -0.4 is 5.11 Å². The van der Waals surface area contributed by atoms with E-state index in [2.05, 4.69) is 0 Å². The van der Waals surface area contributed by atoms with Gasteiger partial charge in [-0.1, -0.05) is 6.42 Å². The molecule has 0 radical (unpaired) electrons. The summed E-state index contributed by atoms with van der Waals surface area (Å²) in [7, 11) is 0. The van der Waals surface area contributed by atoms with Crippen molar-refractivity contribution in [1.82, 2.24) is 0 Å². The van der Waals surface area contributed by atoms with Gasteiger partial charge in [0, 0.05) is 6.92 Å². The highest BCUT2D eigenvalue weighted by molar-refractivity contribution is 5.87. The zero-order chi connectivity index (χ0) is 21.1. The molecule has 160 valence electrons. The molecule has 3 aliphatic heterocycles. The molecule has 4 aliphatic rings. The second kappa shape index (κ2) is 6.61. The van der Waals surface area contributed by atoms with E-state index in [9.17, 15) is 33.1 Å². The highest BCUT2D eigenvalue weighted by atomic mass is 19.3. The molecular weight excluding hydrogens is 398 g/mol. The third-order valence-corrected chi connectivity index (χ3v) is 6.26. The Balaban J connectivity index is 1.62. The molecule has 3 heterocycles. The van der Waals surface area contributed by atoms with Crippen molar-refractivity contribution in [2.75, 3.05) is 0 Å². The molecule has 29 heavy (non-hydrogen) atoms. The summed E-state index contributed by atoms with van der Waals surface area (Å²) in [4.78, 5) is 47.6. The highest BCUT2D eigenvalue weighted by Crippen LogP contribution is 2.53. The Bertz CT molecular complexity index is 760. The third kappa shape index (κ3) is 2.81. The number of carbonyl (C=O) groups is 4. The summed E-state index contributed by atoms with van der Waals surface area (Å²) in [6.07, 6.45) is -3.54. The summed E-state index contributed by atoms with van der Waals surface area (Å²) in [5.74, 6) is -12.1. The standard InChI is InChI=1S/C18H20F2O9/c1-7(21)26-12-11-9(8-10(27-11)13(12)28-14(8)22)15(23)29-17(5-3-2-4-6-17)18(19,20)16(24)25/h8-13H,2-6H2,1H3,(H,24,25)/p-1. The first-order valence-electron chi connectivity index (χ1n) is 9.44. The topological polar surface area (TPSA) is 128 Å². The van der Waals surface area contributed by atoms with Crippen molar-refractivity contribution in [3.63, 3.8) is 0 Å². The van der Waals surface area contributed by atoms with Gasteiger partial charge in [-0.15, -0.1) is 0 Å². The van der Waals surface area contributed by atoms with Crippen LogP contribution in [0.4, 0.5) is 8.78 Å². The molecule has 0 aromatic rings. The van der Waals surface area contributed by atoms with Gasteiger partial charge in [0.05, 0.1) is 0 Å². The number of rotatable bonds is 5. The van der Waals surface area contributed by atoms with E-state index in [1.54, 1.807) is 0 Å². The minimum atomic E-state index is -4.41. The SMILES string of the molecule is CC(=O)OC1C2OC(=O)C3C2OC1C3C(=O)OC1(C(F)(F)C(=O)[O-])CCCCC1. The monoisotopic (exact) mass is 417 g/mol. The number of carboxylic acids is 1. The molecule has 0 N–H and O–H groups in total. The van der Waals surface area contributed by atoms with Crippen LogP contribution >= 0.6 is 0 Å². The van der Waals surface area contributed by atoms with Crippen molar-refractivity contribution >= 4 is 23.9 Å². The Hall–Kier alpha value is -2.30. The highest BCUT2D eigenvalue weighted by Gasteiger charge is 2.72. The molecule has 3 saturated heterocycles. The number of halogens is 2. The average Bonchev–Trinajstić information content (AvgIpc) is 3.25. The van der Waals surface area contributed by atoms with E-state index in [1.807, 2.05) is 0 Å². The van der Waals surface area contributed by atoms with Crippen LogP contribution in [0.5, 0.6) is 0 Å². The molecule has 9 nitrogen and oxygen atoms in total. The van der Waals surface area contributed by atoms with Gasteiger partial charge in [0.2, 0.25) is 0 Å². The minimum absolute atomic E-state index is 0.243. The summed E-state index contributed by atoms with van der Waals surface area (Å²) in [5, 5.41) is 11.1. The first kappa shape index (κ1) is 20.0. The number of hydrogen-bond donors (Lipinski definition) is 0. The Morgan fingerprint density at radius 1 is 1.14 bits per heavy atom. The van der Waals surface area contributed by atoms with Gasteiger partial charge in [0.15, 0.2) is 17.8 Å². The Labute approximate surface area is 163 Å². The fourth-order valence-corrected chi connectivity index (χ4v) is 4.98. The van der Waals surface area contributed by atoms with E-state index in [0.29, 0.717) is 6.42 Å². The number of aliphatic carboxylic acids is 1. The summed E-state index contributed by atoms with van der Waals surface area (Å²) >= 11 is 0. The number of alkyl halides is 2. The lowest BCUT2D eigenvalue weighted by Gasteiger charge is -2.43. The zero-order valence-electron chi connectivity index (χ0n) is 15.4. The van der Waals surface area contributed by atoms with Crippen LogP contribution in [-0.4, -0.2) is 59.8 Å². The molecule has 11 heteroatoms. The number of fused-ring (bicyclic) bond motifs is 1. The van der Waals surface area contributed by atoms with Gasteiger partial charge in [-0.3, -0.25) is 14.4 Å². The van der Waals surface area contributed by atoms with E-state index >= 15 is 0 Å². The summed E-state index contributed by atoms with van der Waals surface area (Å²) in [6, 6.07) is 0. The predicted molar refractivity (Wildman–Crippen MR) is 82.9 cm³/mol. The number of carbonyl (C=O) groups excluding carboxylic acids is 4. The molecular formula is C18H19F2O9-. The van der Waals surface area contributed by atoms with Crippen molar-refractivity contribution in [2.45, 2.75) is 75.0 Å². The normalized spacial score (nSPS) is 37.1. The molecule has 4 fully saturated rings. The maximum atomic E-state index is 14.5. The Morgan fingerprint density at radius 3 is 2.38 bits per heavy atom. The van der Waals surface area contributed by atoms with E-state index in [-0.39, 0.29) is 25.7 Å². The Kier molecular flexibility index (Phi) is 4.56. The molecule has 6 atom stereocenters. The fraction of sp³-hybridized carbons (Fsp3) is 0.778. The maximum absolute atomic E-state index is 14.5. The largest absolute Gasteiger partial charge is 0.544 e. The molecule has 0 aromatic heterocycles. The van der Waals surface area contributed by atoms with Crippen LogP contribution in [0.25, 0.3) is 0 Å². The Morgan fingerprint density at radius 2 is 1.79 bits per heavy atom. The summed E-state index contributed by atoms with van der Waals surface area (Å²) < 4.78 is 50.0. The van der Waals surface area contributed by atoms with Crippen LogP contribution in [0, 0.1) is 11.8 Å². The van der Waals surface area contributed by atoms with Gasteiger partial charge >= 0.3 is 23.8 Å². The molecule has 2 bridgehead atoms. The summed E-state index contributed by atoms with van der Waals surface area (Å²) in [5.41, 5.74) is -2.57. The fourth-order valence-electron chi connectivity index (χ4n) is 4.98. The van der Waals surface area contributed by atoms with Crippen molar-refractivity contribution < 1.29 is 52.0 Å². The third-order valence-electron chi connectivity index (χ3n) is 6.26. The quantitative estimate of drug-likeness (QED) is 0.429. The van der Waals surface area contributed by atoms with Gasteiger partial charge in [-0.2, -0.15) is 8.78 Å². The second-order valence-electron chi connectivity index (χ2n) is 7.93. The number of ether oxygens (including phenoxy) is 4. The smallest absolute Gasteiger partial charge is 0.325 e. The zero-order valence-corrected chi connectivity index (χ0v) is 15.4. The van der Waals surface area contributed by atoms with E-state index in [0.717, 1.165) is 6.92 Å². The van der Waals surface area contributed by atoms with Crippen molar-refractivity contribution in [3.8, 4) is 0 Å². The van der Waals surface area contributed by atoms with Gasteiger partial charge < -0.3 is 28.8 Å². The minimum Gasteiger partial charge on any atom is -0.544 e. The first-order valence-corrected chi connectivity index (χ1v) is 9.44. The van der Waals surface area contributed by atoms with E-state index in [4.69, 9.17) is 18.9 Å². The van der Waals surface area contributed by atoms with Gasteiger partial charge in [0.1, 0.15) is 30.0 Å². The molecule has 0 aromatic carbocycles. The van der Waals surface area contributed by atoms with Gasteiger partial charge in [-0.25, -0.2) is 0 Å². The second-order valence-corrected chi connectivity index (χ2v) is 7.93. The molecule has 6 unspecified atom stereocenters. The average molecular weight is 417 g/mol. The lowest BCUT2D eigenvalue weighted by molar-refractivity contribution is -0.346. The maximum Gasteiger partial charge on any atom is 0.325 e. The number of hydrogen-bond acceptors (Lipinski definition) is 9. The molecule has 4 rings (SSSR count). The molecule has 1 aliphatic carbocycles. The van der Waals surface area contributed by atoms with Crippen LogP contribution in [-0.2, 0) is 38.1 Å². The van der Waals surface area contributed by atoms with Gasteiger partial charge in [0.25, 0.3) is 0 Å². The van der Waals surface area contributed by atoms with E-state index in [1.165, 1.54) is 0 Å². The van der Waals surface area contributed by atoms with Crippen LogP contribution in [0.1, 0.15) is 39.0 Å². The van der Waals surface area contributed by atoms with Crippen LogP contribution in [0.15, 0.2) is 0 Å². The molecule has 0 amide bonds. The van der Waals surface area contributed by atoms with Crippen LogP contribution in [0.2, 0.25) is 0 Å². The van der Waals surface area contributed by atoms with Crippen LogP contribution in [0.3, 0.4) is 0 Å². The first-order chi connectivity index (χ1) is 13.6. The number of esters is 3. The van der Waals surface area contributed by atoms with Crippen molar-refractivity contribution in [1.29, 1.82) is 0 Å². The van der Waals surface area contributed by atoms with Gasteiger partial charge in [-0.05, 0) is 25.7 Å². The molecule has 0 spiro atoms. The lowest BCUT2D eigenvalue weighted by atomic mass is 9.77.